The van der Waals surface area contributed by atoms with Crippen LogP contribution in [0.4, 0.5) is 0 Å². The Balaban J connectivity index is 0.000000668. The fourth-order valence-electron chi connectivity index (χ4n) is 6.68. The highest BCUT2D eigenvalue weighted by atomic mass is 32.2. The van der Waals surface area contributed by atoms with Gasteiger partial charge < -0.3 is 29.9 Å². The summed E-state index contributed by atoms with van der Waals surface area (Å²) in [5, 5.41) is 42.0. The van der Waals surface area contributed by atoms with Crippen molar-refractivity contribution in [2.24, 2.45) is 0 Å². The maximum atomic E-state index is 11.7. The first-order valence-corrected chi connectivity index (χ1v) is 25.8. The molecule has 0 aliphatic heterocycles. The second-order valence-electron chi connectivity index (χ2n) is 15.2. The molecule has 0 amide bonds. The molecule has 1 aliphatic carbocycles. The van der Waals surface area contributed by atoms with Gasteiger partial charge in [-0.25, -0.2) is 9.59 Å². The number of phenols is 2. The summed E-state index contributed by atoms with van der Waals surface area (Å²) in [6.45, 7) is 0.395. The Morgan fingerprint density at radius 1 is 0.422 bits per heavy atom. The van der Waals surface area contributed by atoms with Crippen molar-refractivity contribution in [1.82, 2.24) is 0 Å². The Bertz CT molecular complexity index is 2320. The maximum Gasteiger partial charge on any atom is 0.335 e. The third-order valence-electron chi connectivity index (χ3n) is 9.45. The largest absolute Gasteiger partial charge is 0.507 e. The highest BCUT2D eigenvalue weighted by Gasteiger charge is 2.20. The fourth-order valence-corrected chi connectivity index (χ4v) is 6.68. The van der Waals surface area contributed by atoms with Crippen LogP contribution in [-0.4, -0.2) is 82.5 Å². The van der Waals surface area contributed by atoms with Crippen molar-refractivity contribution in [2.45, 2.75) is 38.9 Å². The second-order valence-corrected chi connectivity index (χ2v) is 19.6. The number of ether oxygens (including phenoxy) is 2. The van der Waals surface area contributed by atoms with Gasteiger partial charge in [0.05, 0.1) is 11.1 Å². The van der Waals surface area contributed by atoms with E-state index < -0.39 is 44.3 Å². The topological polar surface area (TPSA) is 185 Å². The van der Waals surface area contributed by atoms with Gasteiger partial charge in [-0.1, -0.05) is 97.1 Å². The van der Waals surface area contributed by atoms with Crippen molar-refractivity contribution < 1.29 is 52.1 Å². The van der Waals surface area contributed by atoms with E-state index >= 15 is 0 Å². The molecule has 0 radical (unpaired) electrons. The molecule has 0 aromatic heterocycles. The lowest BCUT2D eigenvalue weighted by molar-refractivity contribution is 0.0686. The molecule has 8 bridgehead atoms. The molecular weight excluding hydrogens is 873 g/mol. The number of carbonyl (C=O) groups is 2. The standard InChI is InChI=1S/C44H36O8.3C2H6OS/c45-39-31-5-1-6-32(39)22-36-10-4-12-38(42(36)52-26-28-15-19-30(20-16-28)44(49)50)24-34-8-2-7-33(40(34)46)23-37-11-3-9-35(21-31)41(37)51-25-27-13-17-29(18-14-27)43(47)48;3*1-4(2)3/h1-20,45-46H,21-26H2,(H,47,48)(H,49,50);3*1-2H3. The van der Waals surface area contributed by atoms with E-state index in [2.05, 4.69) is 0 Å². The zero-order valence-corrected chi connectivity index (χ0v) is 39.1. The summed E-state index contributed by atoms with van der Waals surface area (Å²) >= 11 is 0. The number of phenolic OH excluding ortho intramolecular Hbond substituents is 2. The SMILES string of the molecule is CS(C)=O.CS(C)=O.CS(C)=O.O=C(O)c1ccc(COc2c3cccc2Cc2cccc(c2O)Cc2cccc(c2OCc2ccc(C(=O)O)cc2)Cc2cccc(c2O)C3)cc1. The van der Waals surface area contributed by atoms with Gasteiger partial charge in [0.2, 0.25) is 0 Å². The summed E-state index contributed by atoms with van der Waals surface area (Å²) in [6.07, 6.45) is 11.3. The lowest BCUT2D eigenvalue weighted by Gasteiger charge is -2.20. The van der Waals surface area contributed by atoms with Crippen molar-refractivity contribution >= 4 is 44.3 Å². The first kappa shape index (κ1) is 50.6. The molecule has 338 valence electrons. The van der Waals surface area contributed by atoms with Gasteiger partial charge in [0.25, 0.3) is 0 Å². The molecule has 0 spiro atoms. The Labute approximate surface area is 382 Å². The number of aromatic hydroxyl groups is 2. The van der Waals surface area contributed by atoms with Crippen LogP contribution in [0.2, 0.25) is 0 Å². The molecule has 64 heavy (non-hydrogen) atoms. The van der Waals surface area contributed by atoms with Gasteiger partial charge in [-0.05, 0) is 79.9 Å². The smallest absolute Gasteiger partial charge is 0.335 e. The van der Waals surface area contributed by atoms with Crippen molar-refractivity contribution in [3.05, 3.63) is 188 Å². The van der Waals surface area contributed by atoms with Crippen LogP contribution in [0.5, 0.6) is 23.0 Å². The zero-order valence-electron chi connectivity index (χ0n) is 36.7. The summed E-state index contributed by atoms with van der Waals surface area (Å²) in [5.74, 6) is -0.348. The van der Waals surface area contributed by atoms with E-state index in [1.165, 1.54) is 0 Å². The van der Waals surface area contributed by atoms with Crippen LogP contribution < -0.4 is 9.47 Å². The van der Waals surface area contributed by atoms with Crippen LogP contribution in [0.1, 0.15) is 76.4 Å². The van der Waals surface area contributed by atoms with Crippen LogP contribution in [0.15, 0.2) is 121 Å². The summed E-state index contributed by atoms with van der Waals surface area (Å²) < 4.78 is 41.7. The van der Waals surface area contributed by atoms with Crippen molar-refractivity contribution in [2.75, 3.05) is 37.5 Å². The van der Waals surface area contributed by atoms with Gasteiger partial charge in [-0.2, -0.15) is 0 Å². The number of hydrogen-bond donors (Lipinski definition) is 4. The molecule has 1 aliphatic rings. The predicted octanol–water partition coefficient (Wildman–Crippen LogP) is 8.31. The lowest BCUT2D eigenvalue weighted by Crippen LogP contribution is -2.06. The molecule has 0 unspecified atom stereocenters. The van der Waals surface area contributed by atoms with Crippen LogP contribution in [-0.2, 0) is 71.3 Å². The van der Waals surface area contributed by atoms with Gasteiger partial charge in [-0.3, -0.25) is 12.6 Å². The number of carboxylic acids is 2. The van der Waals surface area contributed by atoms with Gasteiger partial charge in [0.15, 0.2) is 0 Å². The minimum atomic E-state index is -0.996. The summed E-state index contributed by atoms with van der Waals surface area (Å²) in [7, 11) is -1.83. The van der Waals surface area contributed by atoms with Crippen LogP contribution >= 0.6 is 0 Å². The zero-order chi connectivity index (χ0) is 46.9. The molecule has 11 nitrogen and oxygen atoms in total. The lowest BCUT2D eigenvalue weighted by atomic mass is 9.91. The quantitative estimate of drug-likeness (QED) is 0.115. The minimum absolute atomic E-state index is 0.179. The molecule has 14 heteroatoms. The van der Waals surface area contributed by atoms with Crippen molar-refractivity contribution in [3.8, 4) is 23.0 Å². The molecule has 4 N–H and O–H groups in total. The second kappa shape index (κ2) is 24.7. The molecule has 0 atom stereocenters. The number of benzene rings is 6. The van der Waals surface area contributed by atoms with E-state index in [1.54, 1.807) is 86.1 Å². The van der Waals surface area contributed by atoms with Crippen LogP contribution in [0.3, 0.4) is 0 Å². The summed E-state index contributed by atoms with van der Waals surface area (Å²) in [6, 6.07) is 36.4. The van der Waals surface area contributed by atoms with E-state index in [9.17, 15) is 42.6 Å². The third kappa shape index (κ3) is 15.6. The van der Waals surface area contributed by atoms with E-state index in [4.69, 9.17) is 9.47 Å². The van der Waals surface area contributed by atoms with Gasteiger partial charge in [0, 0.05) is 95.6 Å². The summed E-state index contributed by atoms with van der Waals surface area (Å²) in [5.41, 5.74) is 8.31. The number of fused-ring (bicyclic) bond motifs is 8. The van der Waals surface area contributed by atoms with Crippen molar-refractivity contribution in [1.29, 1.82) is 0 Å². The van der Waals surface area contributed by atoms with Gasteiger partial charge in [0.1, 0.15) is 36.2 Å². The Morgan fingerprint density at radius 2 is 0.641 bits per heavy atom. The Kier molecular flexibility index (Phi) is 19.5. The Morgan fingerprint density at radius 3 is 0.859 bits per heavy atom. The van der Waals surface area contributed by atoms with E-state index in [0.717, 1.165) is 55.6 Å². The van der Waals surface area contributed by atoms with Crippen molar-refractivity contribution in [3.63, 3.8) is 0 Å². The fraction of sp³-hybridized carbons (Fsp3) is 0.240. The minimum Gasteiger partial charge on any atom is -0.507 e. The number of hydrogen-bond acceptors (Lipinski definition) is 9. The molecule has 0 heterocycles. The number of rotatable bonds is 8. The highest BCUT2D eigenvalue weighted by molar-refractivity contribution is 7.83. The van der Waals surface area contributed by atoms with Crippen LogP contribution in [0, 0.1) is 0 Å². The van der Waals surface area contributed by atoms with Gasteiger partial charge >= 0.3 is 11.9 Å². The number of carboxylic acid groups (broad SMARTS) is 2. The van der Waals surface area contributed by atoms with E-state index in [-0.39, 0.29) is 35.8 Å². The molecule has 6 aromatic carbocycles. The maximum absolute atomic E-state index is 11.7. The van der Waals surface area contributed by atoms with E-state index in [0.29, 0.717) is 37.2 Å². The van der Waals surface area contributed by atoms with Gasteiger partial charge in [-0.15, -0.1) is 0 Å². The third-order valence-corrected chi connectivity index (χ3v) is 9.45. The van der Waals surface area contributed by atoms with Crippen LogP contribution in [0.25, 0.3) is 0 Å². The molecule has 0 fully saturated rings. The average Bonchev–Trinajstić information content (AvgIpc) is 3.22. The number of para-hydroxylation sites is 4. The molecule has 0 saturated heterocycles. The first-order chi connectivity index (χ1) is 30.4. The predicted molar refractivity (Wildman–Crippen MR) is 256 cm³/mol. The average molecular weight is 927 g/mol. The molecular formula is C50H54O11S3. The Hall–Kier alpha value is -6.09. The highest BCUT2D eigenvalue weighted by Crippen LogP contribution is 2.38. The first-order valence-electron chi connectivity index (χ1n) is 19.9. The summed E-state index contributed by atoms with van der Waals surface area (Å²) in [4.78, 5) is 22.8. The normalized spacial score (nSPS) is 11.5. The molecule has 7 rings (SSSR count). The monoisotopic (exact) mass is 926 g/mol. The number of aromatic carboxylic acids is 2. The van der Waals surface area contributed by atoms with E-state index in [1.807, 2.05) is 72.8 Å². The molecule has 6 aromatic rings. The molecule has 0 saturated carbocycles.